The summed E-state index contributed by atoms with van der Waals surface area (Å²) in [5.41, 5.74) is 13.5. The molecule has 0 aliphatic rings. The first-order valence-electron chi connectivity index (χ1n) is 30.6. The van der Waals surface area contributed by atoms with E-state index in [0.717, 1.165) is 44.7 Å². The number of rotatable bonds is 23. The smallest absolute Gasteiger partial charge is 0.0988 e. The summed E-state index contributed by atoms with van der Waals surface area (Å²) in [6.07, 6.45) is 18.5. The van der Waals surface area contributed by atoms with Gasteiger partial charge in [0.15, 0.2) is 0 Å². The fraction of sp³-hybridized carbons (Fsp3) is 0.247. The average Bonchev–Trinajstić information content (AvgIpc) is 4.16. The first kappa shape index (κ1) is 57.5. The Labute approximate surface area is 503 Å². The number of nitrogens with zero attached hydrogens (tertiary/aromatic N) is 3. The monoisotopic (exact) mass is 1140 g/mol. The van der Waals surface area contributed by atoms with E-state index < -0.39 is 7.92 Å². The van der Waals surface area contributed by atoms with Crippen molar-refractivity contribution in [3.63, 3.8) is 0 Å². The maximum atomic E-state index is 5.61. The molecule has 0 amide bonds. The molecule has 8 aromatic carbocycles. The number of thiophene rings is 2. The second-order valence-corrected chi connectivity index (χ2v) is 26.9. The van der Waals surface area contributed by atoms with Crippen molar-refractivity contribution >= 4 is 79.3 Å². The second kappa shape index (κ2) is 28.3. The SMILES string of the molecule is CCCCCCCCC(CCCCCCCC)n1c2cc(C)ccc2c2ccc(-c3ccc(-c4ccc(-c5ccc(C)s5)c5nc(-c6ccccc6)c(-c6ccccc6)nc45)s3)cc21.c1ccc(P(c2ccccc2)c2ccccc2)cc1. The van der Waals surface area contributed by atoms with Crippen LogP contribution in [0.15, 0.2) is 224 Å². The average molecular weight is 1140 g/mol. The highest BCUT2D eigenvalue weighted by Gasteiger charge is 2.23. The third-order valence-corrected chi connectivity index (χ3v) is 20.9. The molecule has 0 N–H and O–H groups in total. The van der Waals surface area contributed by atoms with Gasteiger partial charge in [-0.15, -0.1) is 22.7 Å². The van der Waals surface area contributed by atoms with Crippen LogP contribution in [0.2, 0.25) is 0 Å². The van der Waals surface area contributed by atoms with E-state index in [2.05, 4.69) is 257 Å². The molecule has 0 aliphatic carbocycles. The molecule has 4 heterocycles. The Kier molecular flexibility index (Phi) is 19.6. The van der Waals surface area contributed by atoms with Crippen LogP contribution >= 0.6 is 30.6 Å². The summed E-state index contributed by atoms with van der Waals surface area (Å²) in [5, 5.41) is 6.94. The maximum Gasteiger partial charge on any atom is 0.0988 e. The van der Waals surface area contributed by atoms with Crippen LogP contribution in [-0.2, 0) is 0 Å². The van der Waals surface area contributed by atoms with Crippen LogP contribution in [0.5, 0.6) is 0 Å². The van der Waals surface area contributed by atoms with Gasteiger partial charge in [-0.25, -0.2) is 9.97 Å². The summed E-state index contributed by atoms with van der Waals surface area (Å²) < 4.78 is 2.78. The van der Waals surface area contributed by atoms with E-state index >= 15 is 0 Å². The lowest BCUT2D eigenvalue weighted by Gasteiger charge is -2.22. The summed E-state index contributed by atoms with van der Waals surface area (Å²) in [6, 6.07) is 81.9. The van der Waals surface area contributed by atoms with E-state index in [-0.39, 0.29) is 0 Å². The van der Waals surface area contributed by atoms with Crippen LogP contribution in [0.3, 0.4) is 0 Å². The highest BCUT2D eigenvalue weighted by molar-refractivity contribution is 7.79. The van der Waals surface area contributed by atoms with Gasteiger partial charge in [0.2, 0.25) is 0 Å². The second-order valence-electron chi connectivity index (χ2n) is 22.3. The molecule has 0 saturated heterocycles. The summed E-state index contributed by atoms with van der Waals surface area (Å²) in [6.45, 7) is 9.06. The topological polar surface area (TPSA) is 30.7 Å². The van der Waals surface area contributed by atoms with Crippen molar-refractivity contribution < 1.29 is 0 Å². The number of aromatic nitrogens is 3. The van der Waals surface area contributed by atoms with E-state index in [9.17, 15) is 0 Å². The Morgan fingerprint density at radius 1 is 0.386 bits per heavy atom. The van der Waals surface area contributed by atoms with Crippen molar-refractivity contribution in [3.05, 3.63) is 235 Å². The standard InChI is InChI=1S/C59H63N3S2.C18H15P/c1-5-7-9-11-13-21-27-46(28-22-14-12-10-8-6-2)62-51-39-41(3)29-32-47(51)48-33-31-45(40-52(48)62)53-37-38-55(64-53)50-35-34-49(54-36-30-42(4)63-54)58-59(50)61-57(44-25-19-16-20-26-44)56(60-58)43-23-17-15-18-24-43;1-4-10-16(11-5-1)19(17-12-6-2-7-13-17)18-14-8-3-9-15-18/h15-20,23-26,29-40,46H,5-14,21-22,27-28H2,1-4H3;1-15H. The molecular formula is C77H78N3PS2. The number of hydrogen-bond acceptors (Lipinski definition) is 4. The normalized spacial score (nSPS) is 11.5. The zero-order valence-corrected chi connectivity index (χ0v) is 51.5. The largest absolute Gasteiger partial charge is 0.337 e. The molecule has 0 radical (unpaired) electrons. The summed E-state index contributed by atoms with van der Waals surface area (Å²) in [4.78, 5) is 16.2. The zero-order valence-electron chi connectivity index (χ0n) is 48.9. The quantitative estimate of drug-likeness (QED) is 0.0472. The molecule has 83 heavy (non-hydrogen) atoms. The molecule has 6 heteroatoms. The van der Waals surface area contributed by atoms with Crippen molar-refractivity contribution in [3.8, 4) is 53.8 Å². The molecule has 0 aliphatic heterocycles. The summed E-state index contributed by atoms with van der Waals surface area (Å²) in [7, 11) is -0.446. The van der Waals surface area contributed by atoms with E-state index in [1.807, 2.05) is 22.7 Å². The predicted octanol–water partition coefficient (Wildman–Crippen LogP) is 22.3. The van der Waals surface area contributed by atoms with Crippen molar-refractivity contribution in [2.45, 2.75) is 124 Å². The Bertz CT molecular complexity index is 3870. The highest BCUT2D eigenvalue weighted by atomic mass is 32.1. The van der Waals surface area contributed by atoms with Gasteiger partial charge >= 0.3 is 0 Å². The van der Waals surface area contributed by atoms with Gasteiger partial charge < -0.3 is 4.57 Å². The highest BCUT2D eigenvalue weighted by Crippen LogP contribution is 2.45. The van der Waals surface area contributed by atoms with Crippen molar-refractivity contribution in [1.82, 2.24) is 14.5 Å². The minimum absolute atomic E-state index is 0.446. The Balaban J connectivity index is 0.000000319. The van der Waals surface area contributed by atoms with Crippen LogP contribution < -0.4 is 15.9 Å². The molecule has 4 aromatic heterocycles. The summed E-state index contributed by atoms with van der Waals surface area (Å²) >= 11 is 3.68. The Hall–Kier alpha value is -7.27. The van der Waals surface area contributed by atoms with Gasteiger partial charge in [-0.2, -0.15) is 0 Å². The fourth-order valence-electron chi connectivity index (χ4n) is 12.0. The lowest BCUT2D eigenvalue weighted by Crippen LogP contribution is -2.20. The molecule has 12 aromatic rings. The van der Waals surface area contributed by atoms with Crippen LogP contribution in [0.4, 0.5) is 0 Å². The molecule has 0 spiro atoms. The van der Waals surface area contributed by atoms with Gasteiger partial charge in [0.25, 0.3) is 0 Å². The van der Waals surface area contributed by atoms with E-state index in [4.69, 9.17) is 9.97 Å². The number of benzene rings is 8. The van der Waals surface area contributed by atoms with Crippen LogP contribution in [0.1, 0.15) is 120 Å². The number of unbranched alkanes of at least 4 members (excludes halogenated alkanes) is 10. The Morgan fingerprint density at radius 2 is 0.807 bits per heavy atom. The molecule has 418 valence electrons. The molecule has 0 saturated carbocycles. The third-order valence-electron chi connectivity index (χ3n) is 16.2. The minimum atomic E-state index is -0.446. The molecule has 0 unspecified atom stereocenters. The molecule has 12 rings (SSSR count). The molecule has 0 atom stereocenters. The van der Waals surface area contributed by atoms with E-state index in [1.165, 1.54) is 158 Å². The van der Waals surface area contributed by atoms with Gasteiger partial charge in [-0.3, -0.25) is 0 Å². The fourth-order valence-corrected chi connectivity index (χ4v) is 16.2. The number of aryl methyl sites for hydroxylation is 2. The third kappa shape index (κ3) is 13.7. The van der Waals surface area contributed by atoms with Gasteiger partial charge in [0, 0.05) is 64.1 Å². The van der Waals surface area contributed by atoms with Crippen molar-refractivity contribution in [1.29, 1.82) is 0 Å². The molecule has 0 fully saturated rings. The molecule has 0 bridgehead atoms. The van der Waals surface area contributed by atoms with Crippen molar-refractivity contribution in [2.24, 2.45) is 0 Å². The minimum Gasteiger partial charge on any atom is -0.337 e. The zero-order chi connectivity index (χ0) is 56.7. The van der Waals surface area contributed by atoms with Gasteiger partial charge in [0.05, 0.1) is 27.9 Å². The van der Waals surface area contributed by atoms with Gasteiger partial charge in [0.1, 0.15) is 0 Å². The first-order chi connectivity index (χ1) is 40.9. The number of fused-ring (bicyclic) bond motifs is 4. The predicted molar refractivity (Wildman–Crippen MR) is 365 cm³/mol. The van der Waals surface area contributed by atoms with Crippen LogP contribution in [-0.4, -0.2) is 14.5 Å². The van der Waals surface area contributed by atoms with E-state index in [0.29, 0.717) is 6.04 Å². The lowest BCUT2D eigenvalue weighted by atomic mass is 9.99. The van der Waals surface area contributed by atoms with Gasteiger partial charge in [-0.1, -0.05) is 279 Å². The first-order valence-corrected chi connectivity index (χ1v) is 33.6. The lowest BCUT2D eigenvalue weighted by molar-refractivity contribution is 0.410. The van der Waals surface area contributed by atoms with Crippen LogP contribution in [0.25, 0.3) is 86.7 Å². The number of hydrogen-bond donors (Lipinski definition) is 0. The van der Waals surface area contributed by atoms with E-state index in [1.54, 1.807) is 0 Å². The van der Waals surface area contributed by atoms with Gasteiger partial charge in [-0.05, 0) is 98.0 Å². The maximum absolute atomic E-state index is 5.61. The summed E-state index contributed by atoms with van der Waals surface area (Å²) in [5.74, 6) is 0. The molecular weight excluding hydrogens is 1060 g/mol. The van der Waals surface area contributed by atoms with Crippen LogP contribution in [0, 0.1) is 13.8 Å². The Morgan fingerprint density at radius 3 is 1.29 bits per heavy atom. The molecule has 3 nitrogen and oxygen atoms in total. The van der Waals surface area contributed by atoms with Crippen molar-refractivity contribution in [2.75, 3.05) is 0 Å².